The van der Waals surface area contributed by atoms with E-state index in [1.807, 2.05) is 6.07 Å². The Hall–Kier alpha value is -2.67. The maximum atomic E-state index is 12.4. The second-order valence-electron chi connectivity index (χ2n) is 6.92. The Balaban J connectivity index is 1.40. The van der Waals surface area contributed by atoms with Gasteiger partial charge in [-0.3, -0.25) is 9.59 Å². The number of carbonyl (C=O) groups is 2. The van der Waals surface area contributed by atoms with Gasteiger partial charge < -0.3 is 5.32 Å². The lowest BCUT2D eigenvalue weighted by atomic mass is 10.1. The molecule has 1 aliphatic rings. The van der Waals surface area contributed by atoms with Crippen molar-refractivity contribution < 1.29 is 18.0 Å². The van der Waals surface area contributed by atoms with Gasteiger partial charge in [0.1, 0.15) is 4.90 Å². The number of rotatable bonds is 8. The summed E-state index contributed by atoms with van der Waals surface area (Å²) in [6, 6.07) is 14.5. The van der Waals surface area contributed by atoms with Crippen molar-refractivity contribution in [2.45, 2.75) is 37.5 Å². The minimum absolute atomic E-state index is 0.00651. The van der Waals surface area contributed by atoms with Crippen LogP contribution in [0.1, 0.15) is 40.7 Å². The summed E-state index contributed by atoms with van der Waals surface area (Å²) in [5.74, 6) is -0.653. The van der Waals surface area contributed by atoms with Crippen molar-refractivity contribution in [3.05, 3.63) is 65.2 Å². The van der Waals surface area contributed by atoms with Crippen LogP contribution in [0.15, 0.2) is 53.4 Å². The predicted octanol–water partition coefficient (Wildman–Crippen LogP) is 2.67. The Bertz CT molecular complexity index is 985. The highest BCUT2D eigenvalue weighted by atomic mass is 32.2. The summed E-state index contributed by atoms with van der Waals surface area (Å²) < 4.78 is 25.8. The van der Waals surface area contributed by atoms with E-state index in [0.717, 1.165) is 17.1 Å². The minimum atomic E-state index is -3.80. The smallest absolute Gasteiger partial charge is 0.269 e. The fourth-order valence-electron chi connectivity index (χ4n) is 3.31. The number of nitrogens with one attached hydrogen (secondary N) is 1. The molecule has 0 spiro atoms. The lowest BCUT2D eigenvalue weighted by Gasteiger charge is -2.14. The van der Waals surface area contributed by atoms with E-state index in [1.165, 1.54) is 23.3 Å². The van der Waals surface area contributed by atoms with Gasteiger partial charge in [-0.25, -0.2) is 12.7 Å². The van der Waals surface area contributed by atoms with E-state index in [1.54, 1.807) is 12.1 Å². The van der Waals surface area contributed by atoms with Gasteiger partial charge in [-0.1, -0.05) is 42.0 Å². The van der Waals surface area contributed by atoms with E-state index in [4.69, 9.17) is 0 Å². The Morgan fingerprint density at radius 2 is 1.86 bits per heavy atom. The molecule has 0 saturated heterocycles. The van der Waals surface area contributed by atoms with Crippen LogP contribution in [-0.4, -0.2) is 37.6 Å². The van der Waals surface area contributed by atoms with Crippen molar-refractivity contribution >= 4 is 21.8 Å². The van der Waals surface area contributed by atoms with Crippen molar-refractivity contribution in [3.63, 3.8) is 0 Å². The van der Waals surface area contributed by atoms with Gasteiger partial charge in [0.25, 0.3) is 15.9 Å². The lowest BCUT2D eigenvalue weighted by Crippen LogP contribution is -2.32. The highest BCUT2D eigenvalue weighted by Gasteiger charge is 2.40. The molecule has 6 nitrogen and oxygen atoms in total. The van der Waals surface area contributed by atoms with Gasteiger partial charge in [0.05, 0.1) is 5.56 Å². The van der Waals surface area contributed by atoms with E-state index < -0.39 is 15.9 Å². The van der Waals surface area contributed by atoms with Crippen molar-refractivity contribution in [1.82, 2.24) is 9.62 Å². The number of hydrogen-bond donors (Lipinski definition) is 1. The van der Waals surface area contributed by atoms with Gasteiger partial charge in [-0.2, -0.15) is 0 Å². The third-order valence-corrected chi connectivity index (χ3v) is 6.56. The molecule has 0 atom stereocenters. The molecule has 7 heteroatoms. The van der Waals surface area contributed by atoms with Crippen molar-refractivity contribution in [3.8, 4) is 0 Å². The van der Waals surface area contributed by atoms with Gasteiger partial charge in [-0.15, -0.1) is 0 Å². The number of nitrogens with zero attached hydrogens (tertiary/aromatic N) is 1. The highest BCUT2D eigenvalue weighted by Crippen LogP contribution is 2.29. The Labute approximate surface area is 165 Å². The van der Waals surface area contributed by atoms with Crippen LogP contribution in [0.2, 0.25) is 0 Å². The summed E-state index contributed by atoms with van der Waals surface area (Å²) in [5.41, 5.74) is 2.66. The van der Waals surface area contributed by atoms with Crippen LogP contribution < -0.4 is 5.32 Å². The first-order valence-corrected chi connectivity index (χ1v) is 10.8. The zero-order chi connectivity index (χ0) is 20.1. The molecule has 148 valence electrons. The molecule has 1 aliphatic heterocycles. The number of sulfonamides is 1. The molecular formula is C21H24N2O4S. The fourth-order valence-corrected chi connectivity index (χ4v) is 4.92. The fraction of sp³-hybridized carbons (Fsp3) is 0.333. The molecule has 3 rings (SSSR count). The zero-order valence-electron chi connectivity index (χ0n) is 15.8. The van der Waals surface area contributed by atoms with E-state index in [9.17, 15) is 18.0 Å². The highest BCUT2D eigenvalue weighted by molar-refractivity contribution is 7.90. The van der Waals surface area contributed by atoms with E-state index >= 15 is 0 Å². The maximum Gasteiger partial charge on any atom is 0.269 e. The second kappa shape index (κ2) is 8.56. The van der Waals surface area contributed by atoms with Crippen molar-refractivity contribution in [2.75, 3.05) is 13.1 Å². The summed E-state index contributed by atoms with van der Waals surface area (Å²) in [6.45, 7) is 2.63. The summed E-state index contributed by atoms with van der Waals surface area (Å²) >= 11 is 0. The lowest BCUT2D eigenvalue weighted by molar-refractivity contribution is -0.121. The third kappa shape index (κ3) is 4.42. The average molecular weight is 401 g/mol. The average Bonchev–Trinajstić information content (AvgIpc) is 2.86. The molecule has 1 N–H and O–H groups in total. The topological polar surface area (TPSA) is 83.6 Å². The number of benzene rings is 2. The molecule has 0 bridgehead atoms. The Morgan fingerprint density at radius 3 is 2.61 bits per heavy atom. The number of amides is 2. The quantitative estimate of drug-likeness (QED) is 0.691. The molecule has 1 heterocycles. The minimum Gasteiger partial charge on any atom is -0.356 e. The first-order valence-electron chi connectivity index (χ1n) is 9.38. The van der Waals surface area contributed by atoms with E-state index in [0.29, 0.717) is 13.0 Å². The van der Waals surface area contributed by atoms with Gasteiger partial charge >= 0.3 is 0 Å². The standard InChI is InChI=1S/C21H24N2O4S/c1-16-7-4-8-17(15-16)9-5-13-22-20(24)12-6-14-23-21(25)18-10-2-3-11-19(18)28(23,26)27/h2-4,7-8,10-11,15H,5-6,9,12-14H2,1H3,(H,22,24). The zero-order valence-corrected chi connectivity index (χ0v) is 16.7. The first kappa shape index (κ1) is 20.1. The van der Waals surface area contributed by atoms with Gasteiger partial charge in [0.15, 0.2) is 0 Å². The third-order valence-electron chi connectivity index (χ3n) is 4.72. The molecule has 2 aromatic carbocycles. The summed E-state index contributed by atoms with van der Waals surface area (Å²) in [7, 11) is -3.80. The van der Waals surface area contributed by atoms with Crippen LogP contribution in [0.4, 0.5) is 0 Å². The molecular weight excluding hydrogens is 376 g/mol. The van der Waals surface area contributed by atoms with E-state index in [-0.39, 0.29) is 29.3 Å². The Kier molecular flexibility index (Phi) is 6.14. The van der Waals surface area contributed by atoms with Crippen molar-refractivity contribution in [1.29, 1.82) is 0 Å². The molecule has 0 unspecified atom stereocenters. The van der Waals surface area contributed by atoms with Crippen LogP contribution in [-0.2, 0) is 21.2 Å². The largest absolute Gasteiger partial charge is 0.356 e. The van der Waals surface area contributed by atoms with Crippen LogP contribution in [0.25, 0.3) is 0 Å². The van der Waals surface area contributed by atoms with Gasteiger partial charge in [0, 0.05) is 19.5 Å². The molecule has 28 heavy (non-hydrogen) atoms. The second-order valence-corrected chi connectivity index (χ2v) is 8.76. The molecule has 2 aromatic rings. The van der Waals surface area contributed by atoms with Crippen LogP contribution in [0.5, 0.6) is 0 Å². The number of aryl methyl sites for hydroxylation is 2. The van der Waals surface area contributed by atoms with Crippen LogP contribution in [0, 0.1) is 6.92 Å². The molecule has 0 fully saturated rings. The molecule has 0 aromatic heterocycles. The summed E-state index contributed by atoms with van der Waals surface area (Å²) in [5, 5.41) is 2.85. The molecule has 2 amide bonds. The predicted molar refractivity (Wildman–Crippen MR) is 106 cm³/mol. The van der Waals surface area contributed by atoms with E-state index in [2.05, 4.69) is 30.4 Å². The first-order chi connectivity index (χ1) is 13.4. The molecule has 0 saturated carbocycles. The summed E-state index contributed by atoms with van der Waals surface area (Å²) in [6.07, 6.45) is 2.20. The number of carbonyl (C=O) groups excluding carboxylic acids is 2. The molecule has 0 aliphatic carbocycles. The normalized spacial score (nSPS) is 14.8. The van der Waals surface area contributed by atoms with Gasteiger partial charge in [0.2, 0.25) is 5.91 Å². The maximum absolute atomic E-state index is 12.4. The van der Waals surface area contributed by atoms with Crippen LogP contribution in [0.3, 0.4) is 0 Å². The van der Waals surface area contributed by atoms with Gasteiger partial charge in [-0.05, 0) is 43.9 Å². The van der Waals surface area contributed by atoms with Crippen molar-refractivity contribution in [2.24, 2.45) is 0 Å². The SMILES string of the molecule is Cc1cccc(CCCNC(=O)CCCN2C(=O)c3ccccc3S2(=O)=O)c1. The summed E-state index contributed by atoms with van der Waals surface area (Å²) in [4.78, 5) is 24.3. The number of hydrogen-bond acceptors (Lipinski definition) is 4. The van der Waals surface area contributed by atoms with Crippen LogP contribution >= 0.6 is 0 Å². The molecule has 0 radical (unpaired) electrons. The monoisotopic (exact) mass is 400 g/mol. The number of fused-ring (bicyclic) bond motifs is 1. The Morgan fingerprint density at radius 1 is 1.07 bits per heavy atom.